The van der Waals surface area contributed by atoms with Crippen molar-refractivity contribution in [2.45, 2.75) is 32.4 Å². The van der Waals surface area contributed by atoms with Gasteiger partial charge in [-0.3, -0.25) is 4.79 Å². The zero-order valence-corrected chi connectivity index (χ0v) is 9.01. The number of carbonyl (C=O) groups excluding carboxylic acids is 1. The number of hydrogen-bond donors (Lipinski definition) is 2. The molecule has 0 radical (unpaired) electrons. The van der Waals surface area contributed by atoms with Gasteiger partial charge in [0.15, 0.2) is 0 Å². The average molecular weight is 215 g/mol. The minimum absolute atomic E-state index is 0.0393. The molecule has 1 aliphatic rings. The van der Waals surface area contributed by atoms with Crippen molar-refractivity contribution in [2.24, 2.45) is 10.9 Å². The lowest BCUT2D eigenvalue weighted by Gasteiger charge is -2.36. The summed E-state index contributed by atoms with van der Waals surface area (Å²) in [6, 6.07) is 0.0418. The first kappa shape index (κ1) is 11.8. The minimum Gasteiger partial charge on any atom is -0.409 e. The Morgan fingerprint density at radius 3 is 2.93 bits per heavy atom. The quantitative estimate of drug-likeness (QED) is 0.288. The van der Waals surface area contributed by atoms with E-state index in [0.29, 0.717) is 13.2 Å². The number of rotatable bonds is 2. The zero-order valence-electron chi connectivity index (χ0n) is 9.01. The molecule has 3 N–H and O–H groups in total. The molecule has 1 saturated heterocycles. The summed E-state index contributed by atoms with van der Waals surface area (Å²) in [6.45, 7) is 4.91. The summed E-state index contributed by atoms with van der Waals surface area (Å²) in [4.78, 5) is 13.4. The maximum Gasteiger partial charge on any atom is 0.230 e. The molecule has 2 atom stereocenters. The molecule has 86 valence electrons. The lowest BCUT2D eigenvalue weighted by Crippen LogP contribution is -2.50. The molecule has 0 bridgehead atoms. The molecule has 1 amide bonds. The third-order valence-electron chi connectivity index (χ3n) is 2.39. The monoisotopic (exact) mass is 215 g/mol. The standard InChI is InChI=1S/C9H17N3O3/c1-6-5-15-7(2)4-12(6)9(13)3-8(10)11-14/h6-7,14H,3-5H2,1-2H3,(H2,10,11)/t6-,7-/m1/s1. The first-order valence-electron chi connectivity index (χ1n) is 4.92. The van der Waals surface area contributed by atoms with Crippen LogP contribution in [0.3, 0.4) is 0 Å². The molecule has 0 aromatic heterocycles. The highest BCUT2D eigenvalue weighted by Gasteiger charge is 2.27. The van der Waals surface area contributed by atoms with E-state index in [9.17, 15) is 4.79 Å². The molecular formula is C9H17N3O3. The van der Waals surface area contributed by atoms with E-state index < -0.39 is 0 Å². The second kappa shape index (κ2) is 4.97. The predicted octanol–water partition coefficient (Wildman–Crippen LogP) is -0.241. The van der Waals surface area contributed by atoms with Gasteiger partial charge in [-0.15, -0.1) is 0 Å². The van der Waals surface area contributed by atoms with Crippen molar-refractivity contribution in [3.63, 3.8) is 0 Å². The second-order valence-electron chi connectivity index (χ2n) is 3.81. The average Bonchev–Trinajstić information content (AvgIpc) is 2.21. The van der Waals surface area contributed by atoms with Crippen LogP contribution in [0.1, 0.15) is 20.3 Å². The van der Waals surface area contributed by atoms with Gasteiger partial charge in [0.2, 0.25) is 5.91 Å². The number of oxime groups is 1. The summed E-state index contributed by atoms with van der Waals surface area (Å²) in [5.74, 6) is -0.195. The fraction of sp³-hybridized carbons (Fsp3) is 0.778. The summed E-state index contributed by atoms with van der Waals surface area (Å²) in [7, 11) is 0. The summed E-state index contributed by atoms with van der Waals surface area (Å²) in [5, 5.41) is 11.2. The van der Waals surface area contributed by atoms with E-state index in [2.05, 4.69) is 5.16 Å². The van der Waals surface area contributed by atoms with Gasteiger partial charge < -0.3 is 20.6 Å². The van der Waals surface area contributed by atoms with E-state index >= 15 is 0 Å². The Kier molecular flexibility index (Phi) is 3.90. The molecule has 15 heavy (non-hydrogen) atoms. The van der Waals surface area contributed by atoms with E-state index in [1.54, 1.807) is 4.90 Å². The Morgan fingerprint density at radius 2 is 2.33 bits per heavy atom. The Bertz CT molecular complexity index is 267. The lowest BCUT2D eigenvalue weighted by molar-refractivity contribution is -0.141. The lowest BCUT2D eigenvalue weighted by atomic mass is 10.2. The molecule has 0 aromatic carbocycles. The molecule has 0 aliphatic carbocycles. The molecule has 1 heterocycles. The molecule has 0 unspecified atom stereocenters. The SMILES string of the molecule is C[C@@H]1CN(C(=O)C/C(N)=N\O)[C@H](C)CO1. The molecule has 1 aliphatic heterocycles. The molecule has 6 nitrogen and oxygen atoms in total. The van der Waals surface area contributed by atoms with Gasteiger partial charge >= 0.3 is 0 Å². The van der Waals surface area contributed by atoms with Gasteiger partial charge in [-0.1, -0.05) is 5.16 Å². The van der Waals surface area contributed by atoms with Crippen LogP contribution in [-0.2, 0) is 9.53 Å². The molecule has 6 heteroatoms. The Labute approximate surface area is 88.7 Å². The zero-order chi connectivity index (χ0) is 11.4. The highest BCUT2D eigenvalue weighted by atomic mass is 16.5. The largest absolute Gasteiger partial charge is 0.409 e. The molecule has 1 rings (SSSR count). The summed E-state index contributed by atoms with van der Waals surface area (Å²) < 4.78 is 5.40. The number of nitrogens with zero attached hydrogens (tertiary/aromatic N) is 2. The smallest absolute Gasteiger partial charge is 0.230 e. The third-order valence-corrected chi connectivity index (χ3v) is 2.39. The van der Waals surface area contributed by atoms with Crippen molar-refractivity contribution < 1.29 is 14.7 Å². The van der Waals surface area contributed by atoms with Crippen LogP contribution in [0.4, 0.5) is 0 Å². The van der Waals surface area contributed by atoms with Crippen molar-refractivity contribution in [1.82, 2.24) is 4.90 Å². The predicted molar refractivity (Wildman–Crippen MR) is 54.6 cm³/mol. The molecule has 0 saturated carbocycles. The van der Waals surface area contributed by atoms with Gasteiger partial charge in [-0.2, -0.15) is 0 Å². The number of ether oxygens (including phenoxy) is 1. The number of amidine groups is 1. The van der Waals surface area contributed by atoms with Crippen LogP contribution in [0, 0.1) is 0 Å². The van der Waals surface area contributed by atoms with Crippen LogP contribution in [-0.4, -0.2) is 47.1 Å². The molecular weight excluding hydrogens is 198 g/mol. The van der Waals surface area contributed by atoms with Gasteiger partial charge in [0, 0.05) is 6.54 Å². The van der Waals surface area contributed by atoms with Gasteiger partial charge in [0.25, 0.3) is 0 Å². The number of carbonyl (C=O) groups is 1. The van der Waals surface area contributed by atoms with Gasteiger partial charge in [-0.05, 0) is 13.8 Å². The van der Waals surface area contributed by atoms with Gasteiger partial charge in [-0.25, -0.2) is 0 Å². The summed E-state index contributed by atoms with van der Waals surface area (Å²) in [6.07, 6.45) is -0.00876. The van der Waals surface area contributed by atoms with Gasteiger partial charge in [0.05, 0.1) is 25.2 Å². The van der Waals surface area contributed by atoms with E-state index in [0.717, 1.165) is 0 Å². The van der Waals surface area contributed by atoms with Crippen LogP contribution in [0.15, 0.2) is 5.16 Å². The summed E-state index contributed by atoms with van der Waals surface area (Å²) in [5.41, 5.74) is 5.28. The molecule has 0 spiro atoms. The van der Waals surface area contributed by atoms with Crippen LogP contribution in [0.5, 0.6) is 0 Å². The van der Waals surface area contributed by atoms with E-state index in [-0.39, 0.29) is 30.3 Å². The molecule has 1 fully saturated rings. The highest BCUT2D eigenvalue weighted by molar-refractivity contribution is 5.98. The van der Waals surface area contributed by atoms with E-state index in [1.165, 1.54) is 0 Å². The van der Waals surface area contributed by atoms with E-state index in [1.807, 2.05) is 13.8 Å². The summed E-state index contributed by atoms with van der Waals surface area (Å²) >= 11 is 0. The second-order valence-corrected chi connectivity index (χ2v) is 3.81. The number of morpholine rings is 1. The Morgan fingerprint density at radius 1 is 1.67 bits per heavy atom. The Hall–Kier alpha value is -1.30. The van der Waals surface area contributed by atoms with Crippen molar-refractivity contribution >= 4 is 11.7 Å². The van der Waals surface area contributed by atoms with Crippen LogP contribution >= 0.6 is 0 Å². The highest BCUT2D eigenvalue weighted by Crippen LogP contribution is 2.12. The van der Waals surface area contributed by atoms with Crippen molar-refractivity contribution in [3.05, 3.63) is 0 Å². The minimum atomic E-state index is -0.132. The Balaban J connectivity index is 2.57. The van der Waals surface area contributed by atoms with Gasteiger partial charge in [0.1, 0.15) is 5.84 Å². The van der Waals surface area contributed by atoms with Crippen molar-refractivity contribution in [1.29, 1.82) is 0 Å². The molecule has 0 aromatic rings. The maximum absolute atomic E-state index is 11.7. The van der Waals surface area contributed by atoms with Crippen LogP contribution in [0.25, 0.3) is 0 Å². The number of nitrogens with two attached hydrogens (primary N) is 1. The van der Waals surface area contributed by atoms with Crippen LogP contribution in [0.2, 0.25) is 0 Å². The van der Waals surface area contributed by atoms with E-state index in [4.69, 9.17) is 15.7 Å². The number of hydrogen-bond acceptors (Lipinski definition) is 4. The van der Waals surface area contributed by atoms with Crippen molar-refractivity contribution in [2.75, 3.05) is 13.2 Å². The first-order valence-corrected chi connectivity index (χ1v) is 4.92. The third kappa shape index (κ3) is 3.09. The first-order chi connectivity index (χ1) is 7.04. The maximum atomic E-state index is 11.7. The topological polar surface area (TPSA) is 88.2 Å². The fourth-order valence-electron chi connectivity index (χ4n) is 1.54. The number of amides is 1. The van der Waals surface area contributed by atoms with Crippen LogP contribution < -0.4 is 5.73 Å². The fourth-order valence-corrected chi connectivity index (χ4v) is 1.54. The van der Waals surface area contributed by atoms with Crippen molar-refractivity contribution in [3.8, 4) is 0 Å². The normalized spacial score (nSPS) is 27.9.